The maximum absolute atomic E-state index is 13.1. The second-order valence-corrected chi connectivity index (χ2v) is 6.01. The molecule has 25 heavy (non-hydrogen) atoms. The number of nitrogens with one attached hydrogen (secondary N) is 1. The normalized spacial score (nSPS) is 13.8. The lowest BCUT2D eigenvalue weighted by Gasteiger charge is -2.15. The van der Waals surface area contributed by atoms with Crippen LogP contribution in [0.2, 0.25) is 0 Å². The molecule has 126 valence electrons. The van der Waals surface area contributed by atoms with E-state index in [9.17, 15) is 4.79 Å². The van der Waals surface area contributed by atoms with Gasteiger partial charge in [0.25, 0.3) is 5.56 Å². The molecule has 2 heterocycles. The molecule has 0 radical (unpaired) electrons. The van der Waals surface area contributed by atoms with Crippen molar-refractivity contribution in [3.05, 3.63) is 88.9 Å². The molecule has 3 rings (SSSR count). The zero-order chi connectivity index (χ0) is 17.8. The molecule has 1 aliphatic heterocycles. The van der Waals surface area contributed by atoms with Crippen LogP contribution in [0.15, 0.2) is 82.8 Å². The zero-order valence-corrected chi connectivity index (χ0v) is 14.3. The van der Waals surface area contributed by atoms with E-state index in [1.165, 1.54) is 0 Å². The topological polar surface area (TPSA) is 46.4 Å². The third-order valence-corrected chi connectivity index (χ3v) is 4.12. The Morgan fingerprint density at radius 2 is 2.20 bits per heavy atom. The molecule has 2 aromatic rings. The van der Waals surface area contributed by atoms with Crippen LogP contribution in [0, 0.1) is 0 Å². The molecule has 1 N–H and O–H groups in total. The Kier molecular flexibility index (Phi) is 4.80. The summed E-state index contributed by atoms with van der Waals surface area (Å²) in [7, 11) is 0. The third-order valence-electron chi connectivity index (χ3n) is 4.12. The van der Waals surface area contributed by atoms with Gasteiger partial charge in [-0.2, -0.15) is 0 Å². The summed E-state index contributed by atoms with van der Waals surface area (Å²) in [5, 5.41) is 4.17. The number of allylic oxidation sites excluding steroid dienone is 4. The van der Waals surface area contributed by atoms with E-state index in [1.807, 2.05) is 49.4 Å². The van der Waals surface area contributed by atoms with Crippen LogP contribution >= 0.6 is 0 Å². The van der Waals surface area contributed by atoms with Crippen LogP contribution in [-0.4, -0.2) is 17.3 Å². The standard InChI is InChI=1S/C21H21N3O/c1-4-7-15(2)23-16(3)19-12-18-8-5-6-9-20(18)24(21(19)25)14-17-10-11-22-13-17/h4-12,23H,1,3,13-14H2,2H3/b15-7+. The van der Waals surface area contributed by atoms with Crippen LogP contribution in [-0.2, 0) is 6.54 Å². The molecule has 1 aromatic carbocycles. The summed E-state index contributed by atoms with van der Waals surface area (Å²) < 4.78 is 1.80. The molecule has 4 heteroatoms. The van der Waals surface area contributed by atoms with Gasteiger partial charge >= 0.3 is 0 Å². The van der Waals surface area contributed by atoms with Gasteiger partial charge in [-0.1, -0.05) is 37.4 Å². The van der Waals surface area contributed by atoms with E-state index in [0.29, 0.717) is 24.4 Å². The maximum Gasteiger partial charge on any atom is 0.260 e. The predicted molar refractivity (Wildman–Crippen MR) is 106 cm³/mol. The van der Waals surface area contributed by atoms with Crippen molar-refractivity contribution in [2.75, 3.05) is 6.54 Å². The molecular formula is C21H21N3O. The van der Waals surface area contributed by atoms with Crippen molar-refractivity contribution in [1.29, 1.82) is 0 Å². The molecule has 0 saturated carbocycles. The molecule has 0 atom stereocenters. The van der Waals surface area contributed by atoms with E-state index in [0.717, 1.165) is 22.2 Å². The van der Waals surface area contributed by atoms with Gasteiger partial charge in [0.2, 0.25) is 0 Å². The number of rotatable bonds is 6. The van der Waals surface area contributed by atoms with Gasteiger partial charge in [-0.3, -0.25) is 9.79 Å². The average molecular weight is 331 g/mol. The van der Waals surface area contributed by atoms with E-state index in [1.54, 1.807) is 16.9 Å². The summed E-state index contributed by atoms with van der Waals surface area (Å²) in [6.07, 6.45) is 7.29. The van der Waals surface area contributed by atoms with Crippen molar-refractivity contribution in [2.45, 2.75) is 13.5 Å². The average Bonchev–Trinajstić information content (AvgIpc) is 3.10. The zero-order valence-electron chi connectivity index (χ0n) is 14.3. The van der Waals surface area contributed by atoms with E-state index < -0.39 is 0 Å². The number of benzene rings is 1. The highest BCUT2D eigenvalue weighted by molar-refractivity contribution is 5.83. The van der Waals surface area contributed by atoms with Crippen LogP contribution in [0.4, 0.5) is 0 Å². The number of nitrogens with zero attached hydrogens (tertiary/aromatic N) is 2. The monoisotopic (exact) mass is 331 g/mol. The molecule has 0 aliphatic carbocycles. The molecule has 1 aliphatic rings. The first-order valence-electron chi connectivity index (χ1n) is 8.16. The van der Waals surface area contributed by atoms with Gasteiger partial charge in [-0.15, -0.1) is 0 Å². The summed E-state index contributed by atoms with van der Waals surface area (Å²) in [6, 6.07) is 9.79. The Morgan fingerprint density at radius 1 is 1.40 bits per heavy atom. The van der Waals surface area contributed by atoms with Crippen LogP contribution in [0.25, 0.3) is 16.6 Å². The minimum absolute atomic E-state index is 0.0598. The largest absolute Gasteiger partial charge is 0.359 e. The minimum Gasteiger partial charge on any atom is -0.359 e. The number of hydrogen-bond donors (Lipinski definition) is 1. The minimum atomic E-state index is -0.0598. The van der Waals surface area contributed by atoms with Crippen LogP contribution in [0.5, 0.6) is 0 Å². The van der Waals surface area contributed by atoms with Crippen molar-refractivity contribution in [1.82, 2.24) is 9.88 Å². The molecule has 0 unspecified atom stereocenters. The maximum atomic E-state index is 13.1. The van der Waals surface area contributed by atoms with Crippen molar-refractivity contribution in [2.24, 2.45) is 4.99 Å². The first-order valence-corrected chi connectivity index (χ1v) is 8.16. The SMILES string of the molecule is C=C/C=C(\C)NC(=C)c1cc2ccccc2n(CC2=CC=NC2)c1=O. The van der Waals surface area contributed by atoms with Crippen LogP contribution < -0.4 is 10.9 Å². The Balaban J connectivity index is 2.09. The summed E-state index contributed by atoms with van der Waals surface area (Å²) in [5.74, 6) is 0. The smallest absolute Gasteiger partial charge is 0.260 e. The third kappa shape index (κ3) is 3.53. The van der Waals surface area contributed by atoms with Crippen molar-refractivity contribution < 1.29 is 0 Å². The summed E-state index contributed by atoms with van der Waals surface area (Å²) in [6.45, 7) is 10.8. The van der Waals surface area contributed by atoms with E-state index in [2.05, 4.69) is 23.5 Å². The fourth-order valence-corrected chi connectivity index (χ4v) is 2.91. The number of hydrogen-bond acceptors (Lipinski definition) is 3. The quantitative estimate of drug-likeness (QED) is 0.821. The highest BCUT2D eigenvalue weighted by atomic mass is 16.1. The lowest BCUT2D eigenvalue weighted by atomic mass is 10.1. The number of pyridine rings is 1. The Bertz CT molecular complexity index is 990. The first-order chi connectivity index (χ1) is 12.1. The molecule has 0 amide bonds. The lowest BCUT2D eigenvalue weighted by Crippen LogP contribution is -2.27. The van der Waals surface area contributed by atoms with Gasteiger partial charge in [0, 0.05) is 24.2 Å². The van der Waals surface area contributed by atoms with Gasteiger partial charge in [0.05, 0.1) is 17.6 Å². The molecule has 0 spiro atoms. The van der Waals surface area contributed by atoms with Gasteiger partial charge < -0.3 is 9.88 Å². The number of fused-ring (bicyclic) bond motifs is 1. The second kappa shape index (κ2) is 7.18. The summed E-state index contributed by atoms with van der Waals surface area (Å²) in [5.41, 5.74) is 3.99. The molecule has 0 fully saturated rings. The van der Waals surface area contributed by atoms with Gasteiger partial charge in [-0.05, 0) is 42.2 Å². The van der Waals surface area contributed by atoms with Crippen molar-refractivity contribution >= 4 is 22.8 Å². The lowest BCUT2D eigenvalue weighted by molar-refractivity contribution is 0.766. The van der Waals surface area contributed by atoms with E-state index in [4.69, 9.17) is 0 Å². The number of aliphatic imine (C=N–C) groups is 1. The van der Waals surface area contributed by atoms with Crippen molar-refractivity contribution in [3.8, 4) is 0 Å². The Morgan fingerprint density at radius 3 is 2.92 bits per heavy atom. The first kappa shape index (κ1) is 16.7. The van der Waals surface area contributed by atoms with Crippen molar-refractivity contribution in [3.63, 3.8) is 0 Å². The molecule has 1 aromatic heterocycles. The molecule has 4 nitrogen and oxygen atoms in total. The highest BCUT2D eigenvalue weighted by Gasteiger charge is 2.13. The van der Waals surface area contributed by atoms with Gasteiger partial charge in [0.1, 0.15) is 0 Å². The summed E-state index contributed by atoms with van der Waals surface area (Å²) >= 11 is 0. The number of para-hydroxylation sites is 1. The predicted octanol–water partition coefficient (Wildman–Crippen LogP) is 3.66. The van der Waals surface area contributed by atoms with E-state index in [-0.39, 0.29) is 5.56 Å². The fraction of sp³-hybridized carbons (Fsp3) is 0.143. The summed E-state index contributed by atoms with van der Waals surface area (Å²) in [4.78, 5) is 17.3. The Hall–Kier alpha value is -3.14. The molecule has 0 bridgehead atoms. The second-order valence-electron chi connectivity index (χ2n) is 6.01. The van der Waals surface area contributed by atoms with E-state index >= 15 is 0 Å². The molecular weight excluding hydrogens is 310 g/mol. The molecule has 0 saturated heterocycles. The fourth-order valence-electron chi connectivity index (χ4n) is 2.91. The van der Waals surface area contributed by atoms with Crippen LogP contribution in [0.3, 0.4) is 0 Å². The van der Waals surface area contributed by atoms with Crippen LogP contribution in [0.1, 0.15) is 12.5 Å². The Labute approximate surface area is 147 Å². The number of aromatic nitrogens is 1. The van der Waals surface area contributed by atoms with Gasteiger partial charge in [0.15, 0.2) is 0 Å². The highest BCUT2D eigenvalue weighted by Crippen LogP contribution is 2.18. The van der Waals surface area contributed by atoms with Gasteiger partial charge in [-0.25, -0.2) is 0 Å².